The summed E-state index contributed by atoms with van der Waals surface area (Å²) in [4.78, 5) is 29.2. The number of hydrogen-bond acceptors (Lipinski definition) is 3. The van der Waals surface area contributed by atoms with Gasteiger partial charge in [0.25, 0.3) is 11.8 Å². The predicted molar refractivity (Wildman–Crippen MR) is 128 cm³/mol. The van der Waals surface area contributed by atoms with Crippen molar-refractivity contribution in [1.82, 2.24) is 5.32 Å². The molecule has 162 valence electrons. The van der Waals surface area contributed by atoms with Gasteiger partial charge in [-0.25, -0.2) is 0 Å². The molecule has 0 spiro atoms. The van der Waals surface area contributed by atoms with Crippen LogP contribution in [0.5, 0.6) is 0 Å². The van der Waals surface area contributed by atoms with E-state index in [2.05, 4.69) is 25.2 Å². The van der Waals surface area contributed by atoms with Crippen LogP contribution in [0.25, 0.3) is 6.08 Å². The average Bonchev–Trinajstić information content (AvgIpc) is 2.75. The smallest absolute Gasteiger partial charge is 0.264 e. The van der Waals surface area contributed by atoms with Gasteiger partial charge in [-0.3, -0.25) is 9.59 Å². The molecule has 1 fully saturated rings. The first-order valence-corrected chi connectivity index (χ1v) is 11.8. The van der Waals surface area contributed by atoms with E-state index < -0.39 is 0 Å². The zero-order chi connectivity index (χ0) is 22.1. The van der Waals surface area contributed by atoms with E-state index in [0.29, 0.717) is 22.3 Å². The third kappa shape index (κ3) is 4.57. The van der Waals surface area contributed by atoms with E-state index >= 15 is 0 Å². The zero-order valence-electron chi connectivity index (χ0n) is 18.6. The lowest BCUT2D eigenvalue weighted by Gasteiger charge is -2.34. The monoisotopic (exact) mass is 434 g/mol. The molecule has 2 aromatic rings. The van der Waals surface area contributed by atoms with Crippen molar-refractivity contribution in [3.8, 4) is 0 Å². The Morgan fingerprint density at radius 1 is 1.16 bits per heavy atom. The highest BCUT2D eigenvalue weighted by molar-refractivity contribution is 8.04. The van der Waals surface area contributed by atoms with E-state index in [9.17, 15) is 9.59 Å². The molecule has 31 heavy (non-hydrogen) atoms. The maximum absolute atomic E-state index is 13.0. The minimum Gasteiger partial charge on any atom is -0.349 e. The number of carbonyl (C=O) groups is 2. The second-order valence-corrected chi connectivity index (χ2v) is 10.0. The van der Waals surface area contributed by atoms with Crippen molar-refractivity contribution in [1.29, 1.82) is 0 Å². The number of fused-ring (bicyclic) bond motifs is 1. The van der Waals surface area contributed by atoms with E-state index in [1.54, 1.807) is 11.9 Å². The third-order valence-corrected chi connectivity index (χ3v) is 7.76. The Labute approximate surface area is 189 Å². The van der Waals surface area contributed by atoms with Crippen molar-refractivity contribution in [2.75, 3.05) is 11.9 Å². The maximum atomic E-state index is 13.0. The summed E-state index contributed by atoms with van der Waals surface area (Å²) in [5.74, 6) is 0.998. The van der Waals surface area contributed by atoms with Gasteiger partial charge in [0.2, 0.25) is 0 Å². The Bertz CT molecular complexity index is 1050. The fourth-order valence-electron chi connectivity index (χ4n) is 4.48. The van der Waals surface area contributed by atoms with E-state index in [1.165, 1.54) is 18.2 Å². The van der Waals surface area contributed by atoms with Crippen LogP contribution < -0.4 is 10.2 Å². The summed E-state index contributed by atoms with van der Waals surface area (Å²) in [5.41, 5.74) is 3.57. The van der Waals surface area contributed by atoms with Gasteiger partial charge in [-0.15, -0.1) is 0 Å². The van der Waals surface area contributed by atoms with Crippen molar-refractivity contribution in [2.45, 2.75) is 51.0 Å². The fourth-order valence-corrected chi connectivity index (χ4v) is 5.58. The molecule has 0 unspecified atom stereocenters. The predicted octanol–water partition coefficient (Wildman–Crippen LogP) is 5.66. The van der Waals surface area contributed by atoms with Crippen LogP contribution in [0, 0.1) is 18.8 Å². The van der Waals surface area contributed by atoms with Gasteiger partial charge >= 0.3 is 0 Å². The number of aryl methyl sites for hydroxylation is 1. The Kier molecular flexibility index (Phi) is 6.24. The number of carbonyl (C=O) groups excluding carboxylic acids is 2. The van der Waals surface area contributed by atoms with Crippen LogP contribution in [0.15, 0.2) is 52.3 Å². The molecule has 2 aromatic carbocycles. The zero-order valence-corrected chi connectivity index (χ0v) is 19.5. The van der Waals surface area contributed by atoms with E-state index in [0.717, 1.165) is 34.6 Å². The first-order valence-electron chi connectivity index (χ1n) is 11.0. The number of anilines is 1. The number of nitrogens with one attached hydrogen (secondary N) is 1. The fraction of sp³-hybridized carbons (Fsp3) is 0.385. The largest absolute Gasteiger partial charge is 0.349 e. The summed E-state index contributed by atoms with van der Waals surface area (Å²) in [6.07, 6.45) is 5.36. The number of nitrogens with zero attached hydrogens (tertiary/aromatic N) is 1. The highest BCUT2D eigenvalue weighted by atomic mass is 32.2. The second-order valence-electron chi connectivity index (χ2n) is 8.92. The van der Waals surface area contributed by atoms with Crippen molar-refractivity contribution >= 4 is 35.3 Å². The van der Waals surface area contributed by atoms with Gasteiger partial charge in [0.05, 0.1) is 10.6 Å². The highest BCUT2D eigenvalue weighted by Crippen LogP contribution is 2.42. The molecule has 1 aliphatic heterocycles. The number of rotatable bonds is 3. The molecule has 1 heterocycles. The highest BCUT2D eigenvalue weighted by Gasteiger charge is 2.30. The van der Waals surface area contributed by atoms with E-state index in [4.69, 9.17) is 0 Å². The van der Waals surface area contributed by atoms with E-state index in [-0.39, 0.29) is 17.9 Å². The number of amides is 2. The normalized spacial score (nSPS) is 24.8. The molecule has 0 saturated heterocycles. The maximum Gasteiger partial charge on any atom is 0.264 e. The number of thioether (sulfide) groups is 1. The summed E-state index contributed by atoms with van der Waals surface area (Å²) in [6, 6.07) is 14.0. The van der Waals surface area contributed by atoms with Crippen LogP contribution in [0.1, 0.15) is 54.6 Å². The summed E-state index contributed by atoms with van der Waals surface area (Å²) < 4.78 is 0. The van der Waals surface area contributed by atoms with Gasteiger partial charge in [-0.2, -0.15) is 0 Å². The van der Waals surface area contributed by atoms with Crippen molar-refractivity contribution < 1.29 is 9.59 Å². The number of likely N-dealkylation sites (N-methyl/N-ethyl adjacent to an activating group) is 1. The summed E-state index contributed by atoms with van der Waals surface area (Å²) in [6.45, 7) is 6.54. The average molecular weight is 435 g/mol. The quantitative estimate of drug-likeness (QED) is 0.634. The molecule has 4 rings (SSSR count). The second kappa shape index (κ2) is 8.91. The molecule has 0 radical (unpaired) electrons. The molecule has 1 N–H and O–H groups in total. The van der Waals surface area contributed by atoms with Crippen LogP contribution in [-0.2, 0) is 4.79 Å². The van der Waals surface area contributed by atoms with Crippen molar-refractivity contribution in [3.05, 3.63) is 64.1 Å². The molecule has 0 bridgehead atoms. The Morgan fingerprint density at radius 3 is 2.74 bits per heavy atom. The molecule has 2 aliphatic rings. The topological polar surface area (TPSA) is 49.4 Å². The summed E-state index contributed by atoms with van der Waals surface area (Å²) in [5, 5.41) is 3.23. The lowest BCUT2D eigenvalue weighted by molar-refractivity contribution is -0.114. The SMILES string of the molecule is Cc1cccc(/C=C2\Sc3ccc(C(=O)N[C@@H]4CCC[C@@H](C)[C@@H]4C)cc3N(C)C2=O)c1. The van der Waals surface area contributed by atoms with Gasteiger partial charge in [-0.05, 0) is 55.0 Å². The molecule has 3 atom stereocenters. The van der Waals surface area contributed by atoms with Gasteiger partial charge in [0.1, 0.15) is 0 Å². The Morgan fingerprint density at radius 2 is 1.97 bits per heavy atom. The van der Waals surface area contributed by atoms with Crippen LogP contribution in [0.2, 0.25) is 0 Å². The van der Waals surface area contributed by atoms with Crippen molar-refractivity contribution in [3.63, 3.8) is 0 Å². The summed E-state index contributed by atoms with van der Waals surface area (Å²) in [7, 11) is 1.78. The van der Waals surface area contributed by atoms with Crippen LogP contribution in [-0.4, -0.2) is 24.9 Å². The number of hydrogen-bond donors (Lipinski definition) is 1. The van der Waals surface area contributed by atoms with Gasteiger partial charge in [0.15, 0.2) is 0 Å². The van der Waals surface area contributed by atoms with Gasteiger partial charge in [-0.1, -0.05) is 68.3 Å². The molecule has 5 heteroatoms. The first kappa shape index (κ1) is 21.7. The van der Waals surface area contributed by atoms with Crippen LogP contribution in [0.3, 0.4) is 0 Å². The summed E-state index contributed by atoms with van der Waals surface area (Å²) >= 11 is 1.46. The molecule has 0 aromatic heterocycles. The van der Waals surface area contributed by atoms with Crippen molar-refractivity contribution in [2.24, 2.45) is 11.8 Å². The minimum atomic E-state index is -0.0549. The third-order valence-electron chi connectivity index (χ3n) is 6.68. The van der Waals surface area contributed by atoms with Crippen LogP contribution >= 0.6 is 11.8 Å². The first-order chi connectivity index (χ1) is 14.8. The van der Waals surface area contributed by atoms with Gasteiger partial charge in [0, 0.05) is 23.5 Å². The molecule has 4 nitrogen and oxygen atoms in total. The Balaban J connectivity index is 1.55. The molecule has 1 saturated carbocycles. The Hall–Kier alpha value is -2.53. The lowest BCUT2D eigenvalue weighted by Crippen LogP contribution is -2.43. The molecular formula is C26H30N2O2S. The molecule has 2 amide bonds. The molecular weight excluding hydrogens is 404 g/mol. The minimum absolute atomic E-state index is 0.0497. The van der Waals surface area contributed by atoms with Gasteiger partial charge < -0.3 is 10.2 Å². The standard InChI is InChI=1S/C26H30N2O2S/c1-16-7-5-9-19(13-16)14-24-26(30)28(4)22-15-20(11-12-23(22)31-24)25(29)27-21-10-6-8-17(2)18(21)3/h5,7,9,11-15,17-18,21H,6,8,10H2,1-4H3,(H,27,29)/b24-14-/t17-,18+,21-/m1/s1. The van der Waals surface area contributed by atoms with Crippen LogP contribution in [0.4, 0.5) is 5.69 Å². The van der Waals surface area contributed by atoms with E-state index in [1.807, 2.05) is 49.4 Å². The lowest BCUT2D eigenvalue weighted by atomic mass is 9.78. The molecule has 1 aliphatic carbocycles. The number of benzene rings is 2.